The minimum absolute atomic E-state index is 0.189. The lowest BCUT2D eigenvalue weighted by Gasteiger charge is -2.24. The van der Waals surface area contributed by atoms with E-state index >= 15 is 0 Å². The molecule has 0 radical (unpaired) electrons. The number of nitrogens with one attached hydrogen (secondary N) is 1. The second-order valence-corrected chi connectivity index (χ2v) is 9.20. The Hall–Kier alpha value is -3.66. The van der Waals surface area contributed by atoms with E-state index < -0.39 is 11.9 Å². The fourth-order valence-electron chi connectivity index (χ4n) is 4.29. The van der Waals surface area contributed by atoms with Gasteiger partial charge >= 0.3 is 5.97 Å². The van der Waals surface area contributed by atoms with Gasteiger partial charge in [-0.25, -0.2) is 9.80 Å². The summed E-state index contributed by atoms with van der Waals surface area (Å²) in [5, 5.41) is 1.70. The Balaban J connectivity index is 1.47. The first-order valence-corrected chi connectivity index (χ1v) is 12.7. The van der Waals surface area contributed by atoms with Gasteiger partial charge in [0.2, 0.25) is 0 Å². The lowest BCUT2D eigenvalue weighted by molar-refractivity contribution is -0.140. The summed E-state index contributed by atoms with van der Waals surface area (Å²) in [6.07, 6.45) is 0. The van der Waals surface area contributed by atoms with E-state index in [-0.39, 0.29) is 30.2 Å². The van der Waals surface area contributed by atoms with E-state index in [1.165, 1.54) is 16.8 Å². The summed E-state index contributed by atoms with van der Waals surface area (Å²) >= 11 is 1.43. The van der Waals surface area contributed by atoms with Crippen LogP contribution in [0.15, 0.2) is 42.5 Å². The molecule has 1 atom stereocenters. The summed E-state index contributed by atoms with van der Waals surface area (Å²) in [6, 6.07) is 12.7. The van der Waals surface area contributed by atoms with Crippen LogP contribution in [0.4, 0.5) is 0 Å². The fourth-order valence-corrected chi connectivity index (χ4v) is 5.40. The highest BCUT2D eigenvalue weighted by molar-refractivity contribution is 8.00. The highest BCUT2D eigenvalue weighted by atomic mass is 32.2. The van der Waals surface area contributed by atoms with Crippen LogP contribution in [0.3, 0.4) is 0 Å². The van der Waals surface area contributed by atoms with E-state index in [0.29, 0.717) is 29.0 Å². The van der Waals surface area contributed by atoms with E-state index in [0.717, 1.165) is 16.8 Å². The Labute approximate surface area is 213 Å². The molecule has 4 rings (SSSR count). The molecule has 1 N–H and O–H groups in total. The van der Waals surface area contributed by atoms with Crippen LogP contribution in [0.2, 0.25) is 0 Å². The average Bonchev–Trinajstić information content (AvgIpc) is 3.38. The third-order valence-electron chi connectivity index (χ3n) is 5.97. The number of aryl methyl sites for hydroxylation is 1. The summed E-state index contributed by atoms with van der Waals surface area (Å²) in [4.78, 5) is 37.7. The first-order chi connectivity index (χ1) is 17.4. The summed E-state index contributed by atoms with van der Waals surface area (Å²) in [5.74, 6) is 0.369. The Morgan fingerprint density at radius 1 is 1.11 bits per heavy atom. The molecule has 1 aliphatic rings. The molecule has 1 saturated heterocycles. The Bertz CT molecular complexity index is 1290. The molecule has 2 heterocycles. The number of fused-ring (bicyclic) bond motifs is 1. The number of aromatic nitrogens is 1. The number of hydrazine groups is 1. The number of carbonyl (C=O) groups is 3. The van der Waals surface area contributed by atoms with E-state index in [2.05, 4.69) is 5.43 Å². The SMILES string of the molecule is CCOC(=O)c1c(C)n(CC)c2ccc(OCC(=O)NN3C(=O)CSC3c3ccc(OC)cc3)cc12. The number of nitrogens with zero attached hydrogens (tertiary/aromatic N) is 2. The van der Waals surface area contributed by atoms with Crippen LogP contribution in [-0.4, -0.2) is 53.4 Å². The van der Waals surface area contributed by atoms with Crippen molar-refractivity contribution in [3.63, 3.8) is 0 Å². The second-order valence-electron chi connectivity index (χ2n) is 8.13. The third kappa shape index (κ3) is 4.99. The first kappa shape index (κ1) is 25.4. The van der Waals surface area contributed by atoms with Gasteiger partial charge in [0.15, 0.2) is 6.61 Å². The highest BCUT2D eigenvalue weighted by Crippen LogP contribution is 2.37. The number of benzene rings is 2. The molecule has 1 aromatic heterocycles. The van der Waals surface area contributed by atoms with Gasteiger partial charge in [-0.3, -0.25) is 15.0 Å². The predicted molar refractivity (Wildman–Crippen MR) is 137 cm³/mol. The van der Waals surface area contributed by atoms with Gasteiger partial charge in [0.1, 0.15) is 16.9 Å². The topological polar surface area (TPSA) is 99.1 Å². The molecule has 1 unspecified atom stereocenters. The quantitative estimate of drug-likeness (QED) is 0.436. The minimum atomic E-state index is -0.461. The Morgan fingerprint density at radius 3 is 2.50 bits per heavy atom. The third-order valence-corrected chi connectivity index (χ3v) is 7.19. The van der Waals surface area contributed by atoms with Crippen molar-refractivity contribution in [2.75, 3.05) is 26.1 Å². The van der Waals surface area contributed by atoms with Gasteiger partial charge < -0.3 is 18.8 Å². The number of methoxy groups -OCH3 is 1. The smallest absolute Gasteiger partial charge is 0.340 e. The molecule has 0 spiro atoms. The number of esters is 1. The van der Waals surface area contributed by atoms with Crippen LogP contribution < -0.4 is 14.9 Å². The van der Waals surface area contributed by atoms with Crippen LogP contribution in [0.5, 0.6) is 11.5 Å². The monoisotopic (exact) mass is 511 g/mol. The van der Waals surface area contributed by atoms with Crippen molar-refractivity contribution in [3.05, 3.63) is 59.3 Å². The molecule has 2 aromatic carbocycles. The fraction of sp³-hybridized carbons (Fsp3) is 0.346. The normalized spacial score (nSPS) is 15.3. The average molecular weight is 512 g/mol. The van der Waals surface area contributed by atoms with Gasteiger partial charge in [-0.1, -0.05) is 12.1 Å². The lowest BCUT2D eigenvalue weighted by atomic mass is 10.1. The van der Waals surface area contributed by atoms with Crippen molar-refractivity contribution in [3.8, 4) is 11.5 Å². The molecule has 36 heavy (non-hydrogen) atoms. The number of hydrogen-bond donors (Lipinski definition) is 1. The van der Waals surface area contributed by atoms with Gasteiger partial charge in [0, 0.05) is 23.1 Å². The molecule has 10 heteroatoms. The largest absolute Gasteiger partial charge is 0.497 e. The second kappa shape index (κ2) is 10.9. The highest BCUT2D eigenvalue weighted by Gasteiger charge is 2.34. The number of hydrogen-bond acceptors (Lipinski definition) is 7. The summed E-state index contributed by atoms with van der Waals surface area (Å²) < 4.78 is 18.2. The zero-order valence-corrected chi connectivity index (χ0v) is 21.5. The first-order valence-electron chi connectivity index (χ1n) is 11.7. The van der Waals surface area contributed by atoms with Gasteiger partial charge in [0.25, 0.3) is 11.8 Å². The number of thioether (sulfide) groups is 1. The van der Waals surface area contributed by atoms with Crippen molar-refractivity contribution in [2.24, 2.45) is 0 Å². The Kier molecular flexibility index (Phi) is 7.73. The van der Waals surface area contributed by atoms with Crippen LogP contribution in [0, 0.1) is 6.92 Å². The molecule has 190 valence electrons. The molecule has 2 amide bonds. The lowest BCUT2D eigenvalue weighted by Crippen LogP contribution is -2.46. The van der Waals surface area contributed by atoms with Crippen molar-refractivity contribution >= 4 is 40.4 Å². The van der Waals surface area contributed by atoms with Crippen molar-refractivity contribution in [2.45, 2.75) is 32.7 Å². The van der Waals surface area contributed by atoms with Crippen molar-refractivity contribution in [1.29, 1.82) is 0 Å². The molecular weight excluding hydrogens is 482 g/mol. The Morgan fingerprint density at radius 2 is 1.83 bits per heavy atom. The van der Waals surface area contributed by atoms with E-state index in [1.54, 1.807) is 26.2 Å². The molecule has 0 aliphatic carbocycles. The van der Waals surface area contributed by atoms with Crippen molar-refractivity contribution < 1.29 is 28.6 Å². The predicted octanol–water partition coefficient (Wildman–Crippen LogP) is 3.84. The van der Waals surface area contributed by atoms with Gasteiger partial charge in [-0.05, 0) is 56.7 Å². The van der Waals surface area contributed by atoms with Crippen LogP contribution in [0.1, 0.15) is 40.8 Å². The van der Waals surface area contributed by atoms with Crippen LogP contribution in [-0.2, 0) is 20.9 Å². The number of amides is 2. The van der Waals surface area contributed by atoms with Crippen molar-refractivity contribution in [1.82, 2.24) is 15.0 Å². The molecule has 9 nitrogen and oxygen atoms in total. The number of rotatable bonds is 9. The van der Waals surface area contributed by atoms with Gasteiger partial charge in [0.05, 0.1) is 25.0 Å². The maximum absolute atomic E-state index is 12.7. The number of carbonyl (C=O) groups excluding carboxylic acids is 3. The van der Waals surface area contributed by atoms with Crippen LogP contribution >= 0.6 is 11.8 Å². The van der Waals surface area contributed by atoms with Gasteiger partial charge in [-0.15, -0.1) is 11.8 Å². The summed E-state index contributed by atoms with van der Waals surface area (Å²) in [6.45, 7) is 6.33. The molecule has 3 aromatic rings. The van der Waals surface area contributed by atoms with Crippen LogP contribution in [0.25, 0.3) is 10.9 Å². The maximum Gasteiger partial charge on any atom is 0.340 e. The zero-order chi connectivity index (χ0) is 25.8. The molecular formula is C26H29N3O6S. The molecule has 0 bridgehead atoms. The molecule has 0 saturated carbocycles. The zero-order valence-electron chi connectivity index (χ0n) is 20.7. The van der Waals surface area contributed by atoms with E-state index in [1.807, 2.05) is 48.7 Å². The summed E-state index contributed by atoms with van der Waals surface area (Å²) in [5.41, 5.74) is 5.74. The molecule has 1 aliphatic heterocycles. The van der Waals surface area contributed by atoms with E-state index in [4.69, 9.17) is 14.2 Å². The standard InChI is InChI=1S/C26H29N3O6S/c1-5-28-16(3)24(26(32)34-6-2)20-13-19(11-12-21(20)28)35-14-22(30)27-29-23(31)15-36-25(29)17-7-9-18(33-4)10-8-17/h7-13,25H,5-6,14-15H2,1-4H3,(H,27,30). The minimum Gasteiger partial charge on any atom is -0.497 e. The summed E-state index contributed by atoms with van der Waals surface area (Å²) in [7, 11) is 1.59. The van der Waals surface area contributed by atoms with Gasteiger partial charge in [-0.2, -0.15) is 0 Å². The maximum atomic E-state index is 12.7. The van der Waals surface area contributed by atoms with E-state index in [9.17, 15) is 14.4 Å². The molecule has 1 fully saturated rings. The number of ether oxygens (including phenoxy) is 3.